The van der Waals surface area contributed by atoms with Crippen molar-refractivity contribution < 1.29 is 27.1 Å². The highest BCUT2D eigenvalue weighted by Crippen LogP contribution is 2.41. The van der Waals surface area contributed by atoms with Gasteiger partial charge < -0.3 is 9.64 Å². The number of fused-ring (bicyclic) bond motifs is 1. The van der Waals surface area contributed by atoms with Crippen molar-refractivity contribution in [1.29, 1.82) is 0 Å². The summed E-state index contributed by atoms with van der Waals surface area (Å²) < 4.78 is 62.7. The molecule has 0 radical (unpaired) electrons. The monoisotopic (exact) mass is 529 g/mol. The lowest BCUT2D eigenvalue weighted by molar-refractivity contribution is -0.137. The molecule has 1 aromatic carbocycles. The predicted molar refractivity (Wildman–Crippen MR) is 129 cm³/mol. The molecule has 3 aliphatic rings. The third kappa shape index (κ3) is 4.46. The van der Waals surface area contributed by atoms with Crippen LogP contribution in [0.5, 0.6) is 0 Å². The Morgan fingerprint density at radius 3 is 2.58 bits per heavy atom. The van der Waals surface area contributed by atoms with E-state index < -0.39 is 17.6 Å². The molecule has 7 nitrogen and oxygen atoms in total. The first-order valence-electron chi connectivity index (χ1n) is 12.8. The van der Waals surface area contributed by atoms with Crippen LogP contribution >= 0.6 is 0 Å². The van der Waals surface area contributed by atoms with E-state index in [0.29, 0.717) is 49.4 Å². The fourth-order valence-electron chi connectivity index (χ4n) is 5.28. The maximum absolute atomic E-state index is 15.2. The molecule has 1 saturated carbocycles. The number of benzene rings is 1. The molecule has 3 atom stereocenters. The lowest BCUT2D eigenvalue weighted by atomic mass is 9.90. The molecule has 1 amide bonds. The molecule has 0 bridgehead atoms. The number of hydrogen-bond acceptors (Lipinski definition) is 5. The standard InChI is InChI=1S/C27H27F4N5O2/c1-14-9-20-23(19-6-3-17(11-21(19)28)27(29,30)31)33-25(34-24(20)26(37)35(14)2)15-7-8-38-22(10-15)16-12-32-36(13-16)18-4-5-18/h3,6,11-15,18,22H,4-5,7-10H2,1-2H3/t14?,15-,22+/m0/s1. The highest BCUT2D eigenvalue weighted by molar-refractivity contribution is 5.96. The number of carbonyl (C=O) groups excluding carboxylic acids is 1. The van der Waals surface area contributed by atoms with E-state index in [9.17, 15) is 18.0 Å². The fraction of sp³-hybridized carbons (Fsp3) is 0.481. The third-order valence-corrected chi connectivity index (χ3v) is 7.82. The summed E-state index contributed by atoms with van der Waals surface area (Å²) in [5.74, 6) is -1.16. The van der Waals surface area contributed by atoms with E-state index in [2.05, 4.69) is 10.1 Å². The molecule has 3 aromatic rings. The van der Waals surface area contributed by atoms with Gasteiger partial charge in [-0.25, -0.2) is 14.4 Å². The summed E-state index contributed by atoms with van der Waals surface area (Å²) in [5.41, 5.74) is 0.612. The zero-order valence-electron chi connectivity index (χ0n) is 21.0. The molecule has 1 unspecified atom stereocenters. The van der Waals surface area contributed by atoms with Gasteiger partial charge in [-0.1, -0.05) is 0 Å². The Morgan fingerprint density at radius 2 is 1.87 bits per heavy atom. The molecule has 2 aliphatic heterocycles. The van der Waals surface area contributed by atoms with Gasteiger partial charge in [-0.3, -0.25) is 9.48 Å². The summed E-state index contributed by atoms with van der Waals surface area (Å²) in [4.78, 5) is 24.2. The second-order valence-corrected chi connectivity index (χ2v) is 10.5. The largest absolute Gasteiger partial charge is 0.416 e. The minimum Gasteiger partial charge on any atom is -0.373 e. The molecule has 2 fully saturated rings. The number of hydrogen-bond donors (Lipinski definition) is 0. The average Bonchev–Trinajstić information content (AvgIpc) is 3.63. The first-order valence-corrected chi connectivity index (χ1v) is 12.8. The van der Waals surface area contributed by atoms with Gasteiger partial charge in [0.05, 0.1) is 29.6 Å². The molecule has 0 N–H and O–H groups in total. The van der Waals surface area contributed by atoms with Crippen LogP contribution in [0.2, 0.25) is 0 Å². The van der Waals surface area contributed by atoms with E-state index in [1.54, 1.807) is 11.9 Å². The van der Waals surface area contributed by atoms with Crippen LogP contribution in [0.1, 0.15) is 83.7 Å². The average molecular weight is 530 g/mol. The SMILES string of the molecule is CC1Cc2c(nc([C@H]3CCO[C@@H](c4cnn(C5CC5)c4)C3)nc2-c2ccc(C(F)(F)F)cc2F)C(=O)N1C. The highest BCUT2D eigenvalue weighted by Gasteiger charge is 2.37. The van der Waals surface area contributed by atoms with E-state index in [-0.39, 0.29) is 40.9 Å². The Balaban J connectivity index is 1.40. The lowest BCUT2D eigenvalue weighted by Gasteiger charge is -2.33. The smallest absolute Gasteiger partial charge is 0.373 e. The zero-order valence-corrected chi connectivity index (χ0v) is 21.0. The number of aromatic nitrogens is 4. The van der Waals surface area contributed by atoms with Crippen molar-refractivity contribution in [2.24, 2.45) is 0 Å². The number of carbonyl (C=O) groups is 1. The maximum Gasteiger partial charge on any atom is 0.416 e. The van der Waals surface area contributed by atoms with Crippen molar-refractivity contribution in [2.75, 3.05) is 13.7 Å². The Bertz CT molecular complexity index is 1400. The van der Waals surface area contributed by atoms with Gasteiger partial charge >= 0.3 is 6.18 Å². The summed E-state index contributed by atoms with van der Waals surface area (Å²) in [7, 11) is 1.68. The molecule has 1 aliphatic carbocycles. The van der Waals surface area contributed by atoms with E-state index >= 15 is 4.39 Å². The lowest BCUT2D eigenvalue weighted by Crippen LogP contribution is -2.42. The normalized spacial score (nSPS) is 24.0. The molecular weight excluding hydrogens is 502 g/mol. The number of halogens is 4. The van der Waals surface area contributed by atoms with Crippen LogP contribution < -0.4 is 0 Å². The molecular formula is C27H27F4N5O2. The second-order valence-electron chi connectivity index (χ2n) is 10.5. The van der Waals surface area contributed by atoms with E-state index in [4.69, 9.17) is 9.72 Å². The summed E-state index contributed by atoms with van der Waals surface area (Å²) in [6.07, 6.45) is 2.64. The number of nitrogens with zero attached hydrogens (tertiary/aromatic N) is 5. The molecule has 11 heteroatoms. The number of rotatable bonds is 4. The van der Waals surface area contributed by atoms with E-state index in [1.807, 2.05) is 24.0 Å². The van der Waals surface area contributed by atoms with Gasteiger partial charge in [-0.05, 0) is 57.2 Å². The van der Waals surface area contributed by atoms with Crippen LogP contribution in [0.25, 0.3) is 11.3 Å². The minimum absolute atomic E-state index is 0.0724. The van der Waals surface area contributed by atoms with Gasteiger partial charge in [0, 0.05) is 48.5 Å². The Labute approximate surface area is 216 Å². The molecule has 6 rings (SSSR count). The summed E-state index contributed by atoms with van der Waals surface area (Å²) in [6.45, 7) is 2.30. The molecule has 4 heterocycles. The number of likely N-dealkylation sites (N-methyl/N-ethyl adjacent to an activating group) is 1. The minimum atomic E-state index is -4.67. The van der Waals surface area contributed by atoms with Crippen molar-refractivity contribution in [3.05, 3.63) is 64.6 Å². The van der Waals surface area contributed by atoms with Crippen LogP contribution in [0.15, 0.2) is 30.6 Å². The van der Waals surface area contributed by atoms with Crippen molar-refractivity contribution in [1.82, 2.24) is 24.6 Å². The van der Waals surface area contributed by atoms with Gasteiger partial charge in [0.2, 0.25) is 0 Å². The Kier molecular flexibility index (Phi) is 6.01. The first-order chi connectivity index (χ1) is 18.1. The number of alkyl halides is 3. The molecule has 200 valence electrons. The molecule has 0 spiro atoms. The van der Waals surface area contributed by atoms with Gasteiger partial charge in [0.25, 0.3) is 5.91 Å². The van der Waals surface area contributed by atoms with Crippen LogP contribution in [0.3, 0.4) is 0 Å². The Morgan fingerprint density at radius 1 is 1.11 bits per heavy atom. The van der Waals surface area contributed by atoms with E-state index in [0.717, 1.165) is 30.5 Å². The Hall–Kier alpha value is -3.34. The van der Waals surface area contributed by atoms with Gasteiger partial charge in [0.15, 0.2) is 0 Å². The molecule has 1 saturated heterocycles. The third-order valence-electron chi connectivity index (χ3n) is 7.82. The topological polar surface area (TPSA) is 73.1 Å². The number of amides is 1. The van der Waals surface area contributed by atoms with Crippen molar-refractivity contribution in [3.63, 3.8) is 0 Å². The highest BCUT2D eigenvalue weighted by atomic mass is 19.4. The summed E-state index contributed by atoms with van der Waals surface area (Å²) in [6, 6.07) is 2.66. The van der Waals surface area contributed by atoms with Crippen molar-refractivity contribution in [3.8, 4) is 11.3 Å². The zero-order chi connectivity index (χ0) is 26.8. The first kappa shape index (κ1) is 25.0. The van der Waals surface area contributed by atoms with Crippen LogP contribution in [0.4, 0.5) is 17.6 Å². The van der Waals surface area contributed by atoms with Crippen molar-refractivity contribution in [2.45, 2.75) is 69.3 Å². The molecule has 38 heavy (non-hydrogen) atoms. The fourth-order valence-corrected chi connectivity index (χ4v) is 5.28. The van der Waals surface area contributed by atoms with Gasteiger partial charge in [-0.15, -0.1) is 0 Å². The predicted octanol–water partition coefficient (Wildman–Crippen LogP) is 5.48. The van der Waals surface area contributed by atoms with Crippen LogP contribution in [-0.2, 0) is 17.3 Å². The van der Waals surface area contributed by atoms with Gasteiger partial charge in [0.1, 0.15) is 17.3 Å². The van der Waals surface area contributed by atoms with Gasteiger partial charge in [-0.2, -0.15) is 18.3 Å². The second kappa shape index (κ2) is 9.14. The quantitative estimate of drug-likeness (QED) is 0.419. The van der Waals surface area contributed by atoms with Crippen molar-refractivity contribution >= 4 is 5.91 Å². The molecule has 2 aromatic heterocycles. The summed E-state index contributed by atoms with van der Waals surface area (Å²) >= 11 is 0. The van der Waals surface area contributed by atoms with Crippen LogP contribution in [-0.4, -0.2) is 50.3 Å². The van der Waals surface area contributed by atoms with Crippen LogP contribution in [0, 0.1) is 5.82 Å². The maximum atomic E-state index is 15.2. The summed E-state index contributed by atoms with van der Waals surface area (Å²) in [5, 5.41) is 4.46. The number of ether oxygens (including phenoxy) is 1. The van der Waals surface area contributed by atoms with E-state index in [1.165, 1.54) is 0 Å².